The molecule has 104 valence electrons. The average Bonchev–Trinajstić information content (AvgIpc) is 2.62. The van der Waals surface area contributed by atoms with Crippen LogP contribution >= 0.6 is 0 Å². The highest BCUT2D eigenvalue weighted by Crippen LogP contribution is 2.22. The van der Waals surface area contributed by atoms with Crippen molar-refractivity contribution in [1.29, 1.82) is 0 Å². The van der Waals surface area contributed by atoms with Crippen LogP contribution in [-0.2, 0) is 9.59 Å². The summed E-state index contributed by atoms with van der Waals surface area (Å²) in [7, 11) is 0. The van der Waals surface area contributed by atoms with Gasteiger partial charge < -0.3 is 10.4 Å². The zero-order chi connectivity index (χ0) is 13.4. The Morgan fingerprint density at radius 2 is 1.83 bits per heavy atom. The van der Waals surface area contributed by atoms with Gasteiger partial charge in [0, 0.05) is 12.5 Å². The summed E-state index contributed by atoms with van der Waals surface area (Å²) >= 11 is 0. The zero-order valence-corrected chi connectivity index (χ0v) is 11.3. The standard InChI is InChI=1S/C14H25NO3/c1-11(14(17)18)7-6-10-15-13(16)12-8-4-2-3-5-9-12/h11-12H,2-10H2,1H3,(H,15,16)(H,17,18). The number of carboxylic acids is 1. The highest BCUT2D eigenvalue weighted by Gasteiger charge is 2.19. The first kappa shape index (κ1) is 15.0. The van der Waals surface area contributed by atoms with E-state index >= 15 is 0 Å². The lowest BCUT2D eigenvalue weighted by molar-refractivity contribution is -0.141. The number of amides is 1. The molecule has 1 amide bonds. The van der Waals surface area contributed by atoms with Crippen LogP contribution in [0.15, 0.2) is 0 Å². The summed E-state index contributed by atoms with van der Waals surface area (Å²) in [6.07, 6.45) is 8.21. The molecule has 1 unspecified atom stereocenters. The third-order valence-electron chi connectivity index (χ3n) is 3.76. The van der Waals surface area contributed by atoms with E-state index in [1.165, 1.54) is 12.8 Å². The van der Waals surface area contributed by atoms with E-state index < -0.39 is 5.97 Å². The van der Waals surface area contributed by atoms with E-state index in [2.05, 4.69) is 5.32 Å². The van der Waals surface area contributed by atoms with Gasteiger partial charge >= 0.3 is 5.97 Å². The maximum atomic E-state index is 11.9. The van der Waals surface area contributed by atoms with Crippen LogP contribution in [0.4, 0.5) is 0 Å². The van der Waals surface area contributed by atoms with E-state index in [1.807, 2.05) is 0 Å². The molecule has 0 spiro atoms. The van der Waals surface area contributed by atoms with Crippen molar-refractivity contribution in [2.75, 3.05) is 6.54 Å². The van der Waals surface area contributed by atoms with Crippen molar-refractivity contribution < 1.29 is 14.7 Å². The Morgan fingerprint density at radius 3 is 2.39 bits per heavy atom. The van der Waals surface area contributed by atoms with Gasteiger partial charge in [-0.15, -0.1) is 0 Å². The first-order valence-corrected chi connectivity index (χ1v) is 7.11. The van der Waals surface area contributed by atoms with Crippen LogP contribution in [0.1, 0.15) is 58.3 Å². The van der Waals surface area contributed by atoms with Crippen molar-refractivity contribution in [3.05, 3.63) is 0 Å². The lowest BCUT2D eigenvalue weighted by Crippen LogP contribution is -2.31. The number of hydrogen-bond donors (Lipinski definition) is 2. The van der Waals surface area contributed by atoms with Crippen molar-refractivity contribution in [2.45, 2.75) is 58.3 Å². The summed E-state index contributed by atoms with van der Waals surface area (Å²) in [6, 6.07) is 0. The van der Waals surface area contributed by atoms with E-state index in [9.17, 15) is 9.59 Å². The summed E-state index contributed by atoms with van der Waals surface area (Å²) in [6.45, 7) is 2.31. The Kier molecular flexibility index (Phi) is 6.76. The molecular formula is C14H25NO3. The highest BCUT2D eigenvalue weighted by molar-refractivity contribution is 5.78. The quantitative estimate of drug-likeness (QED) is 0.566. The molecule has 1 aliphatic carbocycles. The second-order valence-electron chi connectivity index (χ2n) is 5.36. The van der Waals surface area contributed by atoms with Crippen molar-refractivity contribution in [1.82, 2.24) is 5.32 Å². The normalized spacial score (nSPS) is 18.9. The predicted octanol–water partition coefficient (Wildman–Crippen LogP) is 2.57. The highest BCUT2D eigenvalue weighted by atomic mass is 16.4. The van der Waals surface area contributed by atoms with E-state index in [1.54, 1.807) is 6.92 Å². The molecule has 4 nitrogen and oxygen atoms in total. The second-order valence-corrected chi connectivity index (χ2v) is 5.36. The van der Waals surface area contributed by atoms with Gasteiger partial charge in [-0.3, -0.25) is 9.59 Å². The van der Waals surface area contributed by atoms with Crippen LogP contribution in [0.5, 0.6) is 0 Å². The number of carbonyl (C=O) groups excluding carboxylic acids is 1. The molecule has 0 aromatic heterocycles. The third-order valence-corrected chi connectivity index (χ3v) is 3.76. The Bertz CT molecular complexity index is 270. The van der Waals surface area contributed by atoms with Gasteiger partial charge in [-0.05, 0) is 25.7 Å². The summed E-state index contributed by atoms with van der Waals surface area (Å²) in [5.41, 5.74) is 0. The number of nitrogens with one attached hydrogen (secondary N) is 1. The lowest BCUT2D eigenvalue weighted by Gasteiger charge is -2.14. The molecule has 1 fully saturated rings. The maximum Gasteiger partial charge on any atom is 0.306 e. The minimum absolute atomic E-state index is 0.167. The predicted molar refractivity (Wildman–Crippen MR) is 70.2 cm³/mol. The largest absolute Gasteiger partial charge is 0.481 e. The molecule has 1 saturated carbocycles. The van der Waals surface area contributed by atoms with E-state index in [-0.39, 0.29) is 17.7 Å². The number of carboxylic acid groups (broad SMARTS) is 1. The fourth-order valence-electron chi connectivity index (χ4n) is 2.43. The molecule has 0 heterocycles. The third kappa shape index (κ3) is 5.52. The Labute approximate surface area is 109 Å². The molecule has 1 atom stereocenters. The van der Waals surface area contributed by atoms with Crippen LogP contribution in [0, 0.1) is 11.8 Å². The van der Waals surface area contributed by atoms with Crippen LogP contribution < -0.4 is 5.32 Å². The topological polar surface area (TPSA) is 66.4 Å². The number of carbonyl (C=O) groups is 2. The monoisotopic (exact) mass is 255 g/mol. The minimum Gasteiger partial charge on any atom is -0.481 e. The molecule has 18 heavy (non-hydrogen) atoms. The van der Waals surface area contributed by atoms with Gasteiger partial charge in [0.25, 0.3) is 0 Å². The number of rotatable bonds is 6. The van der Waals surface area contributed by atoms with Gasteiger partial charge in [-0.25, -0.2) is 0 Å². The molecule has 4 heteroatoms. The van der Waals surface area contributed by atoms with Gasteiger partial charge in [-0.1, -0.05) is 32.6 Å². The van der Waals surface area contributed by atoms with E-state index in [0.717, 1.165) is 32.1 Å². The van der Waals surface area contributed by atoms with Crippen molar-refractivity contribution >= 4 is 11.9 Å². The van der Waals surface area contributed by atoms with Crippen LogP contribution in [-0.4, -0.2) is 23.5 Å². The first-order valence-electron chi connectivity index (χ1n) is 7.11. The van der Waals surface area contributed by atoms with Crippen molar-refractivity contribution in [3.8, 4) is 0 Å². The first-order chi connectivity index (χ1) is 8.61. The van der Waals surface area contributed by atoms with Gasteiger partial charge in [-0.2, -0.15) is 0 Å². The fourth-order valence-corrected chi connectivity index (χ4v) is 2.43. The molecular weight excluding hydrogens is 230 g/mol. The molecule has 1 rings (SSSR count). The molecule has 1 aliphatic rings. The number of aliphatic carboxylic acids is 1. The molecule has 0 radical (unpaired) electrons. The van der Waals surface area contributed by atoms with Gasteiger partial charge in [0.1, 0.15) is 0 Å². The number of hydrogen-bond acceptors (Lipinski definition) is 2. The Balaban J connectivity index is 2.14. The molecule has 0 aliphatic heterocycles. The summed E-state index contributed by atoms with van der Waals surface area (Å²) < 4.78 is 0. The fraction of sp³-hybridized carbons (Fsp3) is 0.857. The average molecular weight is 255 g/mol. The lowest BCUT2D eigenvalue weighted by atomic mass is 9.99. The molecule has 2 N–H and O–H groups in total. The smallest absolute Gasteiger partial charge is 0.306 e. The SMILES string of the molecule is CC(CCCNC(=O)C1CCCCCC1)C(=O)O. The van der Waals surface area contributed by atoms with Crippen LogP contribution in [0.2, 0.25) is 0 Å². The molecule has 0 aromatic rings. The van der Waals surface area contributed by atoms with E-state index in [4.69, 9.17) is 5.11 Å². The Hall–Kier alpha value is -1.06. The van der Waals surface area contributed by atoms with Crippen LogP contribution in [0.3, 0.4) is 0 Å². The van der Waals surface area contributed by atoms with Gasteiger partial charge in [0.05, 0.1) is 5.92 Å². The van der Waals surface area contributed by atoms with E-state index in [0.29, 0.717) is 13.0 Å². The maximum absolute atomic E-state index is 11.9. The van der Waals surface area contributed by atoms with Crippen LogP contribution in [0.25, 0.3) is 0 Å². The van der Waals surface area contributed by atoms with Crippen molar-refractivity contribution in [3.63, 3.8) is 0 Å². The zero-order valence-electron chi connectivity index (χ0n) is 11.3. The summed E-state index contributed by atoms with van der Waals surface area (Å²) in [5, 5.41) is 11.7. The molecule has 0 saturated heterocycles. The minimum atomic E-state index is -0.759. The Morgan fingerprint density at radius 1 is 1.22 bits per heavy atom. The molecule has 0 aromatic carbocycles. The van der Waals surface area contributed by atoms with Gasteiger partial charge in [0.15, 0.2) is 0 Å². The summed E-state index contributed by atoms with van der Waals surface area (Å²) in [5.74, 6) is -0.728. The summed E-state index contributed by atoms with van der Waals surface area (Å²) in [4.78, 5) is 22.5. The molecule has 0 bridgehead atoms. The van der Waals surface area contributed by atoms with Gasteiger partial charge in [0.2, 0.25) is 5.91 Å². The second kappa shape index (κ2) is 8.11. The van der Waals surface area contributed by atoms with Crippen molar-refractivity contribution in [2.24, 2.45) is 11.8 Å².